The standard InChI is InChI=1S/C10H15NO3S/c1-5-7-6-11(9(15)13-7)8(12)14-10(2,3)4/h5,7H,1,6H2,2-4H3/t7-/m1/s1. The molecule has 1 aliphatic heterocycles. The number of ether oxygens (including phenoxy) is 2. The maximum atomic E-state index is 11.6. The molecule has 0 radical (unpaired) electrons. The Bertz CT molecular complexity index is 296. The Morgan fingerprint density at radius 1 is 1.73 bits per heavy atom. The Balaban J connectivity index is 2.62. The van der Waals surface area contributed by atoms with Crippen LogP contribution in [0, 0.1) is 0 Å². The fraction of sp³-hybridized carbons (Fsp3) is 0.600. The Kier molecular flexibility index (Phi) is 3.34. The van der Waals surface area contributed by atoms with Crippen LogP contribution in [-0.4, -0.2) is 34.4 Å². The predicted octanol–water partition coefficient (Wildman–Crippen LogP) is 2.09. The molecular weight excluding hydrogens is 214 g/mol. The molecule has 0 aromatic heterocycles. The monoisotopic (exact) mass is 229 g/mol. The second-order valence-electron chi connectivity index (χ2n) is 4.25. The van der Waals surface area contributed by atoms with Crippen LogP contribution in [0.5, 0.6) is 0 Å². The van der Waals surface area contributed by atoms with E-state index in [1.165, 1.54) is 4.90 Å². The van der Waals surface area contributed by atoms with E-state index in [9.17, 15) is 4.79 Å². The van der Waals surface area contributed by atoms with Gasteiger partial charge >= 0.3 is 6.09 Å². The van der Waals surface area contributed by atoms with Gasteiger partial charge in [0.25, 0.3) is 5.17 Å². The first-order valence-corrected chi connectivity index (χ1v) is 5.08. The van der Waals surface area contributed by atoms with Gasteiger partial charge in [-0.15, -0.1) is 0 Å². The molecule has 1 atom stereocenters. The van der Waals surface area contributed by atoms with Gasteiger partial charge in [-0.25, -0.2) is 9.69 Å². The quantitative estimate of drug-likeness (QED) is 0.510. The molecule has 84 valence electrons. The van der Waals surface area contributed by atoms with E-state index in [4.69, 9.17) is 21.7 Å². The van der Waals surface area contributed by atoms with E-state index in [0.29, 0.717) is 6.54 Å². The van der Waals surface area contributed by atoms with E-state index in [1.807, 2.05) is 0 Å². The molecule has 1 aliphatic rings. The number of carbonyl (C=O) groups is 1. The van der Waals surface area contributed by atoms with Crippen LogP contribution in [0.1, 0.15) is 20.8 Å². The highest BCUT2D eigenvalue weighted by atomic mass is 32.1. The first-order valence-electron chi connectivity index (χ1n) is 4.67. The van der Waals surface area contributed by atoms with Crippen molar-refractivity contribution in [2.75, 3.05) is 6.54 Å². The molecule has 0 unspecified atom stereocenters. The van der Waals surface area contributed by atoms with Gasteiger partial charge in [-0.05, 0) is 39.1 Å². The van der Waals surface area contributed by atoms with E-state index < -0.39 is 11.7 Å². The van der Waals surface area contributed by atoms with Gasteiger partial charge in [0.2, 0.25) is 0 Å². The summed E-state index contributed by atoms with van der Waals surface area (Å²) in [6, 6.07) is 0. The lowest BCUT2D eigenvalue weighted by Crippen LogP contribution is -2.37. The first kappa shape index (κ1) is 12.0. The highest BCUT2D eigenvalue weighted by Gasteiger charge is 2.34. The van der Waals surface area contributed by atoms with Crippen LogP contribution in [0.4, 0.5) is 4.79 Å². The zero-order valence-electron chi connectivity index (χ0n) is 9.15. The minimum Gasteiger partial charge on any atom is -0.461 e. The van der Waals surface area contributed by atoms with Crippen LogP contribution in [0.15, 0.2) is 12.7 Å². The average molecular weight is 229 g/mol. The Morgan fingerprint density at radius 2 is 2.33 bits per heavy atom. The maximum Gasteiger partial charge on any atom is 0.417 e. The van der Waals surface area contributed by atoms with Crippen molar-refractivity contribution in [2.45, 2.75) is 32.5 Å². The smallest absolute Gasteiger partial charge is 0.417 e. The molecule has 0 saturated carbocycles. The molecule has 1 heterocycles. The Labute approximate surface area is 94.8 Å². The van der Waals surface area contributed by atoms with Crippen LogP contribution in [0.2, 0.25) is 0 Å². The summed E-state index contributed by atoms with van der Waals surface area (Å²) in [4.78, 5) is 12.9. The van der Waals surface area contributed by atoms with E-state index in [1.54, 1.807) is 26.8 Å². The predicted molar refractivity (Wildman–Crippen MR) is 60.6 cm³/mol. The van der Waals surface area contributed by atoms with E-state index in [-0.39, 0.29) is 11.3 Å². The molecule has 1 saturated heterocycles. The van der Waals surface area contributed by atoms with E-state index >= 15 is 0 Å². The number of carbonyl (C=O) groups excluding carboxylic acids is 1. The average Bonchev–Trinajstić information content (AvgIpc) is 2.43. The summed E-state index contributed by atoms with van der Waals surface area (Å²) in [5, 5.41) is 0.147. The Morgan fingerprint density at radius 3 is 2.73 bits per heavy atom. The molecule has 1 fully saturated rings. The molecule has 0 aliphatic carbocycles. The van der Waals surface area contributed by atoms with Gasteiger partial charge in [-0.3, -0.25) is 0 Å². The van der Waals surface area contributed by atoms with Gasteiger partial charge in [0.05, 0.1) is 6.54 Å². The molecule has 0 spiro atoms. The molecule has 1 amide bonds. The summed E-state index contributed by atoms with van der Waals surface area (Å²) >= 11 is 4.90. The van der Waals surface area contributed by atoms with Gasteiger partial charge in [-0.1, -0.05) is 6.58 Å². The van der Waals surface area contributed by atoms with Gasteiger partial charge in [0, 0.05) is 0 Å². The minimum absolute atomic E-state index is 0.147. The van der Waals surface area contributed by atoms with Crippen molar-refractivity contribution in [3.63, 3.8) is 0 Å². The SMILES string of the molecule is C=C[C@@H]1CN(C(=O)OC(C)(C)C)C(=S)O1. The van der Waals surface area contributed by atoms with Crippen LogP contribution in [0.3, 0.4) is 0 Å². The van der Waals surface area contributed by atoms with Gasteiger partial charge in [-0.2, -0.15) is 0 Å². The van der Waals surface area contributed by atoms with Crippen LogP contribution in [0.25, 0.3) is 0 Å². The van der Waals surface area contributed by atoms with Crippen molar-refractivity contribution >= 4 is 23.5 Å². The van der Waals surface area contributed by atoms with Gasteiger partial charge in [0.15, 0.2) is 0 Å². The number of rotatable bonds is 1. The largest absolute Gasteiger partial charge is 0.461 e. The zero-order chi connectivity index (χ0) is 11.6. The lowest BCUT2D eigenvalue weighted by atomic mass is 10.2. The van der Waals surface area contributed by atoms with Crippen molar-refractivity contribution < 1.29 is 14.3 Å². The topological polar surface area (TPSA) is 38.8 Å². The van der Waals surface area contributed by atoms with Crippen molar-refractivity contribution in [1.29, 1.82) is 0 Å². The maximum absolute atomic E-state index is 11.6. The molecule has 0 bridgehead atoms. The fourth-order valence-corrected chi connectivity index (χ4v) is 1.35. The highest BCUT2D eigenvalue weighted by Crippen LogP contribution is 2.16. The number of hydrogen-bond acceptors (Lipinski definition) is 4. The number of amides is 1. The summed E-state index contributed by atoms with van der Waals surface area (Å²) in [5.74, 6) is 0. The molecule has 15 heavy (non-hydrogen) atoms. The van der Waals surface area contributed by atoms with Crippen LogP contribution in [-0.2, 0) is 9.47 Å². The molecule has 5 heteroatoms. The number of hydrogen-bond donors (Lipinski definition) is 0. The summed E-state index contributed by atoms with van der Waals surface area (Å²) < 4.78 is 10.4. The highest BCUT2D eigenvalue weighted by molar-refractivity contribution is 7.80. The molecule has 0 N–H and O–H groups in total. The molecular formula is C10H15NO3S. The Hall–Kier alpha value is -1.10. The summed E-state index contributed by atoms with van der Waals surface area (Å²) in [6.45, 7) is 9.36. The van der Waals surface area contributed by atoms with Gasteiger partial charge in [0.1, 0.15) is 11.7 Å². The van der Waals surface area contributed by atoms with E-state index in [2.05, 4.69) is 6.58 Å². The van der Waals surface area contributed by atoms with Crippen molar-refractivity contribution in [3.05, 3.63) is 12.7 Å². The normalized spacial score (nSPS) is 21.1. The van der Waals surface area contributed by atoms with Crippen molar-refractivity contribution in [1.82, 2.24) is 4.90 Å². The van der Waals surface area contributed by atoms with Crippen LogP contribution < -0.4 is 0 Å². The fourth-order valence-electron chi connectivity index (χ4n) is 1.07. The van der Waals surface area contributed by atoms with Crippen molar-refractivity contribution in [2.24, 2.45) is 0 Å². The summed E-state index contributed by atoms with van der Waals surface area (Å²) in [7, 11) is 0. The third kappa shape index (κ3) is 3.20. The lowest BCUT2D eigenvalue weighted by Gasteiger charge is -2.22. The molecule has 0 aromatic rings. The second kappa shape index (κ2) is 4.18. The number of thiocarbonyl (C=S) groups is 1. The second-order valence-corrected chi connectivity index (χ2v) is 4.60. The summed E-state index contributed by atoms with van der Waals surface area (Å²) in [5.41, 5.74) is -0.529. The molecule has 0 aromatic carbocycles. The summed E-state index contributed by atoms with van der Waals surface area (Å²) in [6.07, 6.45) is 0.901. The van der Waals surface area contributed by atoms with Crippen molar-refractivity contribution in [3.8, 4) is 0 Å². The zero-order valence-corrected chi connectivity index (χ0v) is 9.97. The minimum atomic E-state index is -0.529. The molecule has 1 rings (SSSR count). The lowest BCUT2D eigenvalue weighted by molar-refractivity contribution is 0.0385. The van der Waals surface area contributed by atoms with E-state index in [0.717, 1.165) is 0 Å². The number of nitrogens with zero attached hydrogens (tertiary/aromatic N) is 1. The van der Waals surface area contributed by atoms with Gasteiger partial charge < -0.3 is 9.47 Å². The van der Waals surface area contributed by atoms with Crippen LogP contribution >= 0.6 is 12.2 Å². The third-order valence-corrected chi connectivity index (χ3v) is 2.03. The first-order chi connectivity index (χ1) is 6.83. The molecule has 4 nitrogen and oxygen atoms in total. The third-order valence-electron chi connectivity index (χ3n) is 1.71.